The zero-order valence-electron chi connectivity index (χ0n) is 17.2. The summed E-state index contributed by atoms with van der Waals surface area (Å²) in [4.78, 5) is 12.5. The Morgan fingerprint density at radius 1 is 1.21 bits per heavy atom. The van der Waals surface area contributed by atoms with Gasteiger partial charge in [0, 0.05) is 25.2 Å². The lowest BCUT2D eigenvalue weighted by atomic mass is 9.74. The van der Waals surface area contributed by atoms with E-state index in [9.17, 15) is 9.18 Å². The van der Waals surface area contributed by atoms with Crippen LogP contribution in [-0.4, -0.2) is 32.3 Å². The SMILES string of the molecule is CCC(C)c1ccccc1OCC(=O)NCC1(c2cccc(F)c2)CCOCC1. The minimum Gasteiger partial charge on any atom is -0.483 e. The number of rotatable bonds is 8. The highest BCUT2D eigenvalue weighted by Gasteiger charge is 2.35. The first-order chi connectivity index (χ1) is 14.0. The van der Waals surface area contributed by atoms with Gasteiger partial charge in [0.2, 0.25) is 0 Å². The second-order valence-electron chi connectivity index (χ2n) is 7.82. The molecule has 1 saturated heterocycles. The Morgan fingerprint density at radius 3 is 2.69 bits per heavy atom. The van der Waals surface area contributed by atoms with Crippen molar-refractivity contribution < 1.29 is 18.7 Å². The van der Waals surface area contributed by atoms with Crippen molar-refractivity contribution in [3.05, 3.63) is 65.5 Å². The predicted octanol–water partition coefficient (Wildman–Crippen LogP) is 4.58. The number of hydrogen-bond acceptors (Lipinski definition) is 3. The van der Waals surface area contributed by atoms with Gasteiger partial charge < -0.3 is 14.8 Å². The van der Waals surface area contributed by atoms with Crippen molar-refractivity contribution in [2.75, 3.05) is 26.4 Å². The lowest BCUT2D eigenvalue weighted by Gasteiger charge is -2.38. The summed E-state index contributed by atoms with van der Waals surface area (Å²) < 4.78 is 25.1. The molecule has 0 radical (unpaired) electrons. The number of carbonyl (C=O) groups excluding carboxylic acids is 1. The van der Waals surface area contributed by atoms with Gasteiger partial charge in [-0.1, -0.05) is 44.2 Å². The monoisotopic (exact) mass is 399 g/mol. The third-order valence-electron chi connectivity index (χ3n) is 5.93. The highest BCUT2D eigenvalue weighted by atomic mass is 19.1. The van der Waals surface area contributed by atoms with Gasteiger partial charge >= 0.3 is 0 Å². The molecular weight excluding hydrogens is 369 g/mol. The molecule has 1 amide bonds. The van der Waals surface area contributed by atoms with Gasteiger partial charge in [-0.2, -0.15) is 0 Å². The molecule has 1 aliphatic rings. The van der Waals surface area contributed by atoms with Crippen LogP contribution in [-0.2, 0) is 14.9 Å². The summed E-state index contributed by atoms with van der Waals surface area (Å²) in [6.45, 7) is 5.89. The van der Waals surface area contributed by atoms with E-state index in [4.69, 9.17) is 9.47 Å². The molecule has 0 saturated carbocycles. The first-order valence-corrected chi connectivity index (χ1v) is 10.4. The molecule has 5 heteroatoms. The summed E-state index contributed by atoms with van der Waals surface area (Å²) in [5.41, 5.74) is 1.71. The Hall–Kier alpha value is -2.40. The van der Waals surface area contributed by atoms with Crippen LogP contribution in [0.4, 0.5) is 4.39 Å². The fourth-order valence-electron chi connectivity index (χ4n) is 3.85. The van der Waals surface area contributed by atoms with Gasteiger partial charge in [0.1, 0.15) is 11.6 Å². The summed E-state index contributed by atoms with van der Waals surface area (Å²) >= 11 is 0. The Bertz CT molecular complexity index is 817. The van der Waals surface area contributed by atoms with E-state index in [1.165, 1.54) is 6.07 Å². The average Bonchev–Trinajstić information content (AvgIpc) is 2.76. The fourth-order valence-corrected chi connectivity index (χ4v) is 3.85. The van der Waals surface area contributed by atoms with E-state index in [-0.39, 0.29) is 23.7 Å². The Balaban J connectivity index is 1.63. The van der Waals surface area contributed by atoms with Crippen LogP contribution in [0.1, 0.15) is 50.2 Å². The van der Waals surface area contributed by atoms with E-state index in [0.717, 1.165) is 36.1 Å². The quantitative estimate of drug-likeness (QED) is 0.707. The third kappa shape index (κ3) is 5.36. The summed E-state index contributed by atoms with van der Waals surface area (Å²) in [7, 11) is 0. The van der Waals surface area contributed by atoms with Crippen molar-refractivity contribution in [2.24, 2.45) is 0 Å². The maximum absolute atomic E-state index is 13.8. The molecule has 0 aromatic heterocycles. The molecule has 2 aromatic rings. The highest BCUT2D eigenvalue weighted by Crippen LogP contribution is 2.34. The molecule has 1 atom stereocenters. The molecule has 0 spiro atoms. The molecule has 3 rings (SSSR count). The fraction of sp³-hybridized carbons (Fsp3) is 0.458. The van der Waals surface area contributed by atoms with Gasteiger partial charge in [-0.25, -0.2) is 4.39 Å². The first-order valence-electron chi connectivity index (χ1n) is 10.4. The van der Waals surface area contributed by atoms with Gasteiger partial charge in [0.15, 0.2) is 6.61 Å². The maximum atomic E-state index is 13.8. The second kappa shape index (κ2) is 9.88. The van der Waals surface area contributed by atoms with Crippen molar-refractivity contribution in [1.82, 2.24) is 5.32 Å². The largest absolute Gasteiger partial charge is 0.483 e. The minimum absolute atomic E-state index is 0.0385. The van der Waals surface area contributed by atoms with E-state index < -0.39 is 0 Å². The molecule has 156 valence electrons. The standard InChI is InChI=1S/C24H30FNO3/c1-3-18(2)21-9-4-5-10-22(21)29-16-23(27)26-17-24(11-13-28-14-12-24)19-7-6-8-20(25)15-19/h4-10,15,18H,3,11-14,16-17H2,1-2H3,(H,26,27). The van der Waals surface area contributed by atoms with Crippen molar-refractivity contribution >= 4 is 5.91 Å². The second-order valence-corrected chi connectivity index (χ2v) is 7.82. The zero-order chi connectivity index (χ0) is 20.7. The van der Waals surface area contributed by atoms with Gasteiger partial charge in [-0.05, 0) is 54.5 Å². The molecule has 0 bridgehead atoms. The molecule has 1 fully saturated rings. The van der Waals surface area contributed by atoms with E-state index in [1.807, 2.05) is 30.3 Å². The number of hydrogen-bond donors (Lipinski definition) is 1. The average molecular weight is 400 g/mol. The summed E-state index contributed by atoms with van der Waals surface area (Å²) in [5, 5.41) is 3.00. The number of halogens is 1. The summed E-state index contributed by atoms with van der Waals surface area (Å²) in [6, 6.07) is 14.5. The molecular formula is C24H30FNO3. The molecule has 1 unspecified atom stereocenters. The smallest absolute Gasteiger partial charge is 0.257 e. The van der Waals surface area contributed by atoms with E-state index in [0.29, 0.717) is 25.7 Å². The lowest BCUT2D eigenvalue weighted by Crippen LogP contribution is -2.45. The van der Waals surface area contributed by atoms with Crippen LogP contribution in [0.25, 0.3) is 0 Å². The molecule has 0 aliphatic carbocycles. The van der Waals surface area contributed by atoms with Gasteiger partial charge in [-0.15, -0.1) is 0 Å². The van der Waals surface area contributed by atoms with E-state index in [2.05, 4.69) is 19.2 Å². The predicted molar refractivity (Wildman–Crippen MR) is 112 cm³/mol. The van der Waals surface area contributed by atoms with E-state index >= 15 is 0 Å². The van der Waals surface area contributed by atoms with Crippen molar-refractivity contribution in [2.45, 2.75) is 44.4 Å². The number of carbonyl (C=O) groups is 1. The van der Waals surface area contributed by atoms with Crippen molar-refractivity contribution in [1.29, 1.82) is 0 Å². The van der Waals surface area contributed by atoms with Gasteiger partial charge in [-0.3, -0.25) is 4.79 Å². The number of ether oxygens (including phenoxy) is 2. The minimum atomic E-state index is -0.315. The van der Waals surface area contributed by atoms with Crippen molar-refractivity contribution in [3.8, 4) is 5.75 Å². The summed E-state index contributed by atoms with van der Waals surface area (Å²) in [5.74, 6) is 0.687. The third-order valence-corrected chi connectivity index (χ3v) is 5.93. The van der Waals surface area contributed by atoms with Crippen LogP contribution < -0.4 is 10.1 Å². The maximum Gasteiger partial charge on any atom is 0.257 e. The summed E-state index contributed by atoms with van der Waals surface area (Å²) in [6.07, 6.45) is 2.49. The molecule has 4 nitrogen and oxygen atoms in total. The van der Waals surface area contributed by atoms with Crippen molar-refractivity contribution in [3.63, 3.8) is 0 Å². The van der Waals surface area contributed by atoms with Crippen LogP contribution in [0.2, 0.25) is 0 Å². The van der Waals surface area contributed by atoms with E-state index in [1.54, 1.807) is 12.1 Å². The van der Waals surface area contributed by atoms with Crippen LogP contribution in [0.3, 0.4) is 0 Å². The molecule has 1 N–H and O–H groups in total. The molecule has 1 aliphatic heterocycles. The molecule has 2 aromatic carbocycles. The zero-order valence-corrected chi connectivity index (χ0v) is 17.2. The topological polar surface area (TPSA) is 47.6 Å². The van der Waals surface area contributed by atoms with Crippen LogP contribution in [0.15, 0.2) is 48.5 Å². The Labute approximate surface area is 172 Å². The van der Waals surface area contributed by atoms with Gasteiger partial charge in [0.25, 0.3) is 5.91 Å². The molecule has 1 heterocycles. The number of benzene rings is 2. The Morgan fingerprint density at radius 2 is 1.97 bits per heavy atom. The number of amides is 1. The lowest BCUT2D eigenvalue weighted by molar-refractivity contribution is -0.123. The van der Waals surface area contributed by atoms with Crippen LogP contribution in [0, 0.1) is 5.82 Å². The number of para-hydroxylation sites is 1. The van der Waals surface area contributed by atoms with Crippen LogP contribution >= 0.6 is 0 Å². The normalized spacial score (nSPS) is 16.8. The number of nitrogens with one attached hydrogen (secondary N) is 1. The Kier molecular flexibility index (Phi) is 7.26. The first kappa shape index (κ1) is 21.3. The van der Waals surface area contributed by atoms with Crippen LogP contribution in [0.5, 0.6) is 5.75 Å². The highest BCUT2D eigenvalue weighted by molar-refractivity contribution is 5.77. The van der Waals surface area contributed by atoms with Gasteiger partial charge in [0.05, 0.1) is 0 Å². The molecule has 29 heavy (non-hydrogen) atoms.